The normalized spacial score (nSPS) is 42.7. The molecule has 1 unspecified atom stereocenters. The fraction of sp³-hybridized carbons (Fsp3) is 0.600. The zero-order chi connectivity index (χ0) is 13.1. The van der Waals surface area contributed by atoms with Crippen LogP contribution in [0.5, 0.6) is 0 Å². The predicted octanol–water partition coefficient (Wildman–Crippen LogP) is 1.99. The molecule has 3 heteroatoms. The molecule has 1 saturated carbocycles. The van der Waals surface area contributed by atoms with Gasteiger partial charge in [0.05, 0.1) is 6.04 Å². The van der Waals surface area contributed by atoms with E-state index in [0.29, 0.717) is 5.92 Å². The van der Waals surface area contributed by atoms with Crippen molar-refractivity contribution in [1.82, 2.24) is 5.32 Å². The van der Waals surface area contributed by atoms with Crippen molar-refractivity contribution in [3.63, 3.8) is 0 Å². The third-order valence-electron chi connectivity index (χ3n) is 5.08. The Labute approximate surface area is 107 Å². The highest BCUT2D eigenvalue weighted by molar-refractivity contribution is 6.06. The second kappa shape index (κ2) is 3.56. The molecular weight excluding hydrogens is 226 g/mol. The molecule has 0 bridgehead atoms. The molecule has 18 heavy (non-hydrogen) atoms. The maximum atomic E-state index is 11.9. The van der Waals surface area contributed by atoms with Gasteiger partial charge in [0, 0.05) is 11.3 Å². The van der Waals surface area contributed by atoms with Crippen molar-refractivity contribution in [2.45, 2.75) is 39.7 Å². The number of carbonyl (C=O) groups is 2. The van der Waals surface area contributed by atoms with Crippen LogP contribution in [0.3, 0.4) is 0 Å². The first-order chi connectivity index (χ1) is 8.44. The minimum Gasteiger partial charge on any atom is -0.349 e. The van der Waals surface area contributed by atoms with Crippen molar-refractivity contribution in [2.24, 2.45) is 17.3 Å². The van der Waals surface area contributed by atoms with Gasteiger partial charge < -0.3 is 5.32 Å². The summed E-state index contributed by atoms with van der Waals surface area (Å²) >= 11 is 0. The monoisotopic (exact) mass is 245 g/mol. The lowest BCUT2D eigenvalue weighted by molar-refractivity contribution is -0.122. The van der Waals surface area contributed by atoms with Gasteiger partial charge in [0.15, 0.2) is 5.78 Å². The minimum absolute atomic E-state index is 0.0451. The van der Waals surface area contributed by atoms with Crippen LogP contribution in [0.25, 0.3) is 0 Å². The van der Waals surface area contributed by atoms with E-state index in [1.165, 1.54) is 0 Å². The smallest absolute Gasteiger partial charge is 0.223 e. The first-order valence-electron chi connectivity index (χ1n) is 6.69. The summed E-state index contributed by atoms with van der Waals surface area (Å²) in [5.74, 6) is 0.657. The van der Waals surface area contributed by atoms with Crippen molar-refractivity contribution >= 4 is 11.7 Å². The van der Waals surface area contributed by atoms with Crippen LogP contribution >= 0.6 is 0 Å². The van der Waals surface area contributed by atoms with Gasteiger partial charge >= 0.3 is 0 Å². The maximum absolute atomic E-state index is 11.9. The average Bonchev–Trinajstić information content (AvgIpc) is 2.60. The molecule has 0 spiro atoms. The summed E-state index contributed by atoms with van der Waals surface area (Å²) in [6.07, 6.45) is 5.81. The number of allylic oxidation sites excluding steroid dienone is 3. The molecule has 1 heterocycles. The van der Waals surface area contributed by atoms with Gasteiger partial charge in [0.2, 0.25) is 5.91 Å². The van der Waals surface area contributed by atoms with Crippen LogP contribution in [0.15, 0.2) is 23.3 Å². The summed E-state index contributed by atoms with van der Waals surface area (Å²) in [7, 11) is 0. The molecule has 2 aliphatic carbocycles. The second-order valence-electron chi connectivity index (χ2n) is 6.13. The lowest BCUT2D eigenvalue weighted by Crippen LogP contribution is -2.44. The number of nitrogens with one attached hydrogen (secondary N) is 1. The van der Waals surface area contributed by atoms with Gasteiger partial charge in [-0.25, -0.2) is 0 Å². The molecule has 0 aromatic heterocycles. The van der Waals surface area contributed by atoms with Crippen LogP contribution in [-0.2, 0) is 9.59 Å². The summed E-state index contributed by atoms with van der Waals surface area (Å²) in [4.78, 5) is 23.8. The molecule has 1 saturated heterocycles. The Hall–Kier alpha value is -1.38. The topological polar surface area (TPSA) is 46.2 Å². The van der Waals surface area contributed by atoms with Crippen molar-refractivity contribution in [3.8, 4) is 0 Å². The molecule has 3 nitrogen and oxygen atoms in total. The maximum Gasteiger partial charge on any atom is 0.223 e. The Morgan fingerprint density at radius 1 is 1.39 bits per heavy atom. The summed E-state index contributed by atoms with van der Waals surface area (Å²) in [6, 6.07) is 0.0696. The number of fused-ring (bicyclic) bond motifs is 3. The van der Waals surface area contributed by atoms with Gasteiger partial charge in [0.25, 0.3) is 0 Å². The van der Waals surface area contributed by atoms with Crippen molar-refractivity contribution < 1.29 is 9.59 Å². The van der Waals surface area contributed by atoms with Gasteiger partial charge in [-0.2, -0.15) is 0 Å². The summed E-state index contributed by atoms with van der Waals surface area (Å²) < 4.78 is 0. The van der Waals surface area contributed by atoms with E-state index in [-0.39, 0.29) is 29.1 Å². The van der Waals surface area contributed by atoms with Crippen LogP contribution < -0.4 is 5.32 Å². The van der Waals surface area contributed by atoms with E-state index in [2.05, 4.69) is 12.2 Å². The van der Waals surface area contributed by atoms with Crippen LogP contribution in [-0.4, -0.2) is 17.7 Å². The molecule has 0 aromatic carbocycles. The van der Waals surface area contributed by atoms with Crippen LogP contribution in [0.2, 0.25) is 0 Å². The molecule has 0 radical (unpaired) electrons. The van der Waals surface area contributed by atoms with Crippen molar-refractivity contribution in [1.29, 1.82) is 0 Å². The number of amides is 1. The van der Waals surface area contributed by atoms with Crippen molar-refractivity contribution in [3.05, 3.63) is 23.3 Å². The van der Waals surface area contributed by atoms with Crippen LogP contribution in [0, 0.1) is 17.3 Å². The van der Waals surface area contributed by atoms with E-state index < -0.39 is 0 Å². The second-order valence-corrected chi connectivity index (χ2v) is 6.13. The Morgan fingerprint density at radius 3 is 2.83 bits per heavy atom. The Bertz CT molecular complexity index is 503. The van der Waals surface area contributed by atoms with Gasteiger partial charge in [-0.15, -0.1) is 0 Å². The van der Waals surface area contributed by atoms with Gasteiger partial charge in [-0.3, -0.25) is 9.59 Å². The molecule has 96 valence electrons. The molecule has 4 atom stereocenters. The SMILES string of the molecule is CC1=C2[C@@H]3NC(=O)[C@@H](C)C3CC[C@@]2(C)C=CC1=O. The van der Waals surface area contributed by atoms with Crippen LogP contribution in [0.1, 0.15) is 33.6 Å². The zero-order valence-electron chi connectivity index (χ0n) is 11.1. The standard InChI is InChI=1S/C15H19NO2/c1-8-10-4-6-15(3)7-5-11(17)9(2)12(15)13(10)16-14(8)18/h5,7-8,10,13H,4,6H2,1-3H3,(H,16,18)/t8-,10?,13+,15-/m0/s1. The Balaban J connectivity index is 2.10. The molecule has 3 rings (SSSR count). The van der Waals surface area contributed by atoms with Crippen LogP contribution in [0.4, 0.5) is 0 Å². The Morgan fingerprint density at radius 2 is 2.11 bits per heavy atom. The van der Waals surface area contributed by atoms with Gasteiger partial charge in [0.1, 0.15) is 0 Å². The fourth-order valence-electron chi connectivity index (χ4n) is 3.89. The molecule has 1 aliphatic heterocycles. The molecule has 0 aromatic rings. The van der Waals surface area contributed by atoms with E-state index in [1.54, 1.807) is 6.08 Å². The number of hydrogen-bond donors (Lipinski definition) is 1. The average molecular weight is 245 g/mol. The largest absolute Gasteiger partial charge is 0.349 e. The zero-order valence-corrected chi connectivity index (χ0v) is 11.1. The molecule has 3 aliphatic rings. The molecule has 1 N–H and O–H groups in total. The summed E-state index contributed by atoms with van der Waals surface area (Å²) in [5, 5.41) is 3.10. The summed E-state index contributed by atoms with van der Waals surface area (Å²) in [6.45, 7) is 6.08. The quantitative estimate of drug-likeness (QED) is 0.709. The number of hydrogen-bond acceptors (Lipinski definition) is 2. The summed E-state index contributed by atoms with van der Waals surface area (Å²) in [5.41, 5.74) is 1.95. The number of ketones is 1. The van der Waals surface area contributed by atoms with Crippen molar-refractivity contribution in [2.75, 3.05) is 0 Å². The molecular formula is C15H19NO2. The third kappa shape index (κ3) is 1.36. The first kappa shape index (κ1) is 11.7. The lowest BCUT2D eigenvalue weighted by Gasteiger charge is -2.44. The first-order valence-corrected chi connectivity index (χ1v) is 6.69. The van der Waals surface area contributed by atoms with Gasteiger partial charge in [-0.1, -0.05) is 19.9 Å². The fourth-order valence-corrected chi connectivity index (χ4v) is 3.89. The predicted molar refractivity (Wildman–Crippen MR) is 68.8 cm³/mol. The highest BCUT2D eigenvalue weighted by Gasteiger charge is 2.50. The number of rotatable bonds is 0. The van der Waals surface area contributed by atoms with E-state index in [4.69, 9.17) is 0 Å². The highest BCUT2D eigenvalue weighted by Crippen LogP contribution is 2.51. The lowest BCUT2D eigenvalue weighted by atomic mass is 9.61. The third-order valence-corrected chi connectivity index (χ3v) is 5.08. The Kier molecular flexibility index (Phi) is 2.31. The number of carbonyl (C=O) groups excluding carboxylic acids is 2. The van der Waals surface area contributed by atoms with Gasteiger partial charge in [-0.05, 0) is 42.9 Å². The molecule has 1 amide bonds. The van der Waals surface area contributed by atoms with E-state index in [1.807, 2.05) is 19.9 Å². The highest BCUT2D eigenvalue weighted by atomic mass is 16.2. The van der Waals surface area contributed by atoms with E-state index >= 15 is 0 Å². The van der Waals surface area contributed by atoms with E-state index in [9.17, 15) is 9.59 Å². The molecule has 2 fully saturated rings. The minimum atomic E-state index is -0.0451. The van der Waals surface area contributed by atoms with E-state index in [0.717, 1.165) is 24.0 Å².